The van der Waals surface area contributed by atoms with Gasteiger partial charge in [0.2, 0.25) is 0 Å². The first-order chi connectivity index (χ1) is 50.1. The first-order valence-electron chi connectivity index (χ1n) is 33.9. The van der Waals surface area contributed by atoms with E-state index in [-0.39, 0.29) is 98.6 Å². The molecule has 105 heavy (non-hydrogen) atoms. The third-order valence-electron chi connectivity index (χ3n) is 17.3. The van der Waals surface area contributed by atoms with E-state index in [1.54, 1.807) is 109 Å². The quantitative estimate of drug-likeness (QED) is 0.0154. The molecule has 0 amide bonds. The number of hydrogen-bond acceptors (Lipinski definition) is 18. The molecule has 2 saturated carbocycles. The van der Waals surface area contributed by atoms with Gasteiger partial charge in [-0.05, 0) is 141 Å². The van der Waals surface area contributed by atoms with Crippen molar-refractivity contribution in [3.8, 4) is 40.2 Å². The van der Waals surface area contributed by atoms with Gasteiger partial charge in [-0.1, -0.05) is 144 Å². The van der Waals surface area contributed by atoms with Crippen LogP contribution in [0.4, 0.5) is 17.1 Å². The average molecular weight is 1540 g/mol. The number of nitrogens with one attached hydrogen (secondary N) is 3. The predicted octanol–water partition coefficient (Wildman–Crippen LogP) is 17.9. The van der Waals surface area contributed by atoms with Crippen molar-refractivity contribution in [3.05, 3.63) is 194 Å². The smallest absolute Gasteiger partial charge is 0.313 e. The molecule has 27 heteroatoms. The fourth-order valence-electron chi connectivity index (χ4n) is 12.0. The van der Waals surface area contributed by atoms with Gasteiger partial charge in [-0.3, -0.25) is 28.5 Å². The molecule has 0 unspecified atom stereocenters. The van der Waals surface area contributed by atoms with Gasteiger partial charge >= 0.3 is 17.9 Å². The van der Waals surface area contributed by atoms with Crippen LogP contribution < -0.4 is 28.4 Å². The second kappa shape index (κ2) is 35.1. The fourth-order valence-corrected chi connectivity index (χ4v) is 17.5. The average Bonchev–Trinajstić information content (AvgIpc) is 0.913. The van der Waals surface area contributed by atoms with Crippen molar-refractivity contribution in [1.29, 1.82) is 0 Å². The van der Waals surface area contributed by atoms with Crippen molar-refractivity contribution in [2.75, 3.05) is 31.4 Å². The number of benzene rings is 10. The second-order valence-corrected chi connectivity index (χ2v) is 34.2. The van der Waals surface area contributed by atoms with Crippen LogP contribution in [-0.2, 0) is 49.9 Å². The van der Waals surface area contributed by atoms with Crippen molar-refractivity contribution in [2.45, 2.75) is 145 Å². The highest BCUT2D eigenvalue weighted by Gasteiger charge is 2.26. The van der Waals surface area contributed by atoms with Crippen LogP contribution in [0, 0.1) is 0 Å². The first kappa shape index (κ1) is 78.1. The van der Waals surface area contributed by atoms with Crippen LogP contribution >= 0.6 is 35.3 Å². The largest absolute Gasteiger partial charge is 0.506 e. The van der Waals surface area contributed by atoms with E-state index >= 15 is 0 Å². The van der Waals surface area contributed by atoms with Gasteiger partial charge in [0.1, 0.15) is 40.2 Å². The number of carboxylic acid groups (broad SMARTS) is 3. The highest BCUT2D eigenvalue weighted by Crippen LogP contribution is 2.44. The van der Waals surface area contributed by atoms with E-state index in [1.807, 2.05) is 24.3 Å². The molecule has 0 bridgehead atoms. The maximum Gasteiger partial charge on any atom is 0.313 e. The second-order valence-electron chi connectivity index (χ2n) is 26.1. The van der Waals surface area contributed by atoms with Gasteiger partial charge in [0.05, 0.1) is 75.9 Å². The summed E-state index contributed by atoms with van der Waals surface area (Å²) in [5.74, 6) is -2.09. The Morgan fingerprint density at radius 1 is 0.381 bits per heavy atom. The molecule has 552 valence electrons. The zero-order chi connectivity index (χ0) is 75.1. The van der Waals surface area contributed by atoms with E-state index in [4.69, 9.17) is 29.5 Å². The molecular weight excluding hydrogens is 1460 g/mol. The van der Waals surface area contributed by atoms with Gasteiger partial charge in [0.15, 0.2) is 0 Å². The third kappa shape index (κ3) is 21.2. The fraction of sp³-hybridized carbons (Fsp3) is 0.269. The molecule has 2 aliphatic rings. The molecule has 12 rings (SSSR count). The van der Waals surface area contributed by atoms with E-state index in [9.17, 15) is 55.0 Å². The van der Waals surface area contributed by atoms with E-state index in [0.717, 1.165) is 92.2 Å². The lowest BCUT2D eigenvalue weighted by Crippen LogP contribution is -2.16. The maximum absolute atomic E-state index is 13.3. The molecule has 21 nitrogen and oxygen atoms in total. The molecule has 10 aromatic rings. The van der Waals surface area contributed by atoms with E-state index in [1.165, 1.54) is 80.3 Å². The number of sulfonamides is 3. The molecule has 0 atom stereocenters. The molecule has 9 N–H and O–H groups in total. The summed E-state index contributed by atoms with van der Waals surface area (Å²) in [6.45, 7) is 6.36. The summed E-state index contributed by atoms with van der Waals surface area (Å²) in [4.78, 5) is 34.0. The minimum atomic E-state index is -4.04. The molecule has 2 aliphatic carbocycles. The number of hydrogen-bond donors (Lipinski definition) is 9. The molecule has 0 heterocycles. The third-order valence-corrected chi connectivity index (χ3v) is 24.4. The van der Waals surface area contributed by atoms with Crippen molar-refractivity contribution in [3.63, 3.8) is 0 Å². The minimum Gasteiger partial charge on any atom is -0.506 e. The highest BCUT2D eigenvalue weighted by molar-refractivity contribution is 8.00. The molecular formula is C78H81N3O18S6. The van der Waals surface area contributed by atoms with Crippen LogP contribution in [0.5, 0.6) is 40.2 Å². The summed E-state index contributed by atoms with van der Waals surface area (Å²) < 4.78 is 105. The van der Waals surface area contributed by atoms with Gasteiger partial charge in [-0.15, -0.1) is 35.3 Å². The molecule has 2 fully saturated rings. The summed E-state index contributed by atoms with van der Waals surface area (Å²) in [5, 5.41) is 61.6. The van der Waals surface area contributed by atoms with Crippen LogP contribution in [0.1, 0.15) is 103 Å². The molecule has 0 saturated heterocycles. The molecule has 0 spiro atoms. The number of carbonyl (C=O) groups is 3. The Bertz CT molecular complexity index is 5120. The number of fused-ring (bicyclic) bond motifs is 3. The van der Waals surface area contributed by atoms with Gasteiger partial charge in [0.25, 0.3) is 30.1 Å². The van der Waals surface area contributed by atoms with Crippen LogP contribution in [0.2, 0.25) is 0 Å². The van der Waals surface area contributed by atoms with Crippen molar-refractivity contribution in [2.24, 2.45) is 0 Å². The molecule has 0 radical (unpaired) electrons. The number of aliphatic carboxylic acids is 3. The number of phenolic OH excluding ortho intramolecular Hbond substituents is 3. The summed E-state index contributed by atoms with van der Waals surface area (Å²) in [5.41, 5.74) is 1.91. The zero-order valence-corrected chi connectivity index (χ0v) is 62.6. The topological polar surface area (TPSA) is 339 Å². The summed E-state index contributed by atoms with van der Waals surface area (Å²) in [7, 11) is -12.0. The monoisotopic (exact) mass is 1540 g/mol. The number of thioether (sulfide) groups is 3. The number of aromatic hydroxyl groups is 3. The maximum atomic E-state index is 13.3. The predicted molar refractivity (Wildman–Crippen MR) is 413 cm³/mol. The van der Waals surface area contributed by atoms with Crippen LogP contribution in [-0.4, -0.2) is 103 Å². The summed E-state index contributed by atoms with van der Waals surface area (Å²) in [6, 6.07) is 51.4. The number of carboxylic acids is 3. The Labute approximate surface area is 622 Å². The van der Waals surface area contributed by atoms with E-state index in [2.05, 4.69) is 34.9 Å². The van der Waals surface area contributed by atoms with Gasteiger partial charge in [-0.2, -0.15) is 0 Å². The van der Waals surface area contributed by atoms with Crippen molar-refractivity contribution >= 4 is 133 Å². The van der Waals surface area contributed by atoms with Gasteiger partial charge in [-0.25, -0.2) is 25.3 Å². The SMILES string of the molecule is CC(C)(C)c1ccc(Oc2cccc(S(=O)(=O)Nc3cc(SCC(=O)O)c(O)c4ccccc34)c2)cc1.O=C(O)CSc1cc(NS(=O)(=O)c2ccc(OC3CCCCCC3)cc2)c2ccccc2c1O.O=C(O)CSc1cc(NS(=O)(=O)c2cccc(OC3CCCCCC3)c2)c2ccccc2c1O. The minimum absolute atomic E-state index is 0.00257. The zero-order valence-electron chi connectivity index (χ0n) is 57.7. The van der Waals surface area contributed by atoms with Crippen molar-refractivity contribution < 1.29 is 84.5 Å². The Morgan fingerprint density at radius 3 is 1.07 bits per heavy atom. The van der Waals surface area contributed by atoms with Crippen LogP contribution in [0.25, 0.3) is 32.3 Å². The van der Waals surface area contributed by atoms with E-state index in [0.29, 0.717) is 55.3 Å². The van der Waals surface area contributed by atoms with Crippen LogP contribution in [0.15, 0.2) is 217 Å². The Balaban J connectivity index is 0.000000169. The number of rotatable bonds is 24. The molecule has 0 aliphatic heterocycles. The normalized spacial score (nSPS) is 13.9. The summed E-state index contributed by atoms with van der Waals surface area (Å²) in [6.07, 6.45) is 13.6. The van der Waals surface area contributed by atoms with E-state index < -0.39 is 48.0 Å². The Morgan fingerprint density at radius 2 is 0.705 bits per heavy atom. The number of anilines is 3. The standard InChI is InChI=1S/C28H27NO6S2.2C25H27NO6S2/c1-28(2,3)18-11-13-19(14-12-18)35-20-7-6-8-21(15-20)37(33,34)29-24-16-25(36-17-26(30)31)27(32)23-10-5-4-9-22(23)24;27-24(28)16-33-23-15-22(20-12-5-6-13-21(20)25(23)29)26-34(30,31)19-11-7-10-18(14-19)32-17-8-3-1-2-4-9-17;27-24(28)16-33-23-15-22(20-9-5-6-10-21(20)25(23)29)26-34(30,31)19-13-11-18(12-14-19)32-17-7-3-1-2-4-8-17/h4-16,29,32H,17H2,1-3H3,(H,30,31);5-7,10-15,17,26,29H,1-4,8-9,16H2,(H,27,28);5-6,9-15,17,26,29H,1-4,7-8,16H2,(H,27,28). The Hall–Kier alpha value is -9.51. The number of ether oxygens (including phenoxy) is 3. The number of phenols is 3. The lowest BCUT2D eigenvalue weighted by Gasteiger charge is -2.19. The summed E-state index contributed by atoms with van der Waals surface area (Å²) >= 11 is 2.76. The van der Waals surface area contributed by atoms with Crippen LogP contribution in [0.3, 0.4) is 0 Å². The first-order valence-corrected chi connectivity index (χ1v) is 41.3. The molecule has 10 aromatic carbocycles. The lowest BCUT2D eigenvalue weighted by atomic mass is 9.87. The highest BCUT2D eigenvalue weighted by atomic mass is 32.2. The molecule has 0 aromatic heterocycles. The Kier molecular flexibility index (Phi) is 26.1. The van der Waals surface area contributed by atoms with Crippen molar-refractivity contribution in [1.82, 2.24) is 0 Å². The van der Waals surface area contributed by atoms with Gasteiger partial charge in [0, 0.05) is 44.5 Å². The lowest BCUT2D eigenvalue weighted by molar-refractivity contribution is -0.134. The van der Waals surface area contributed by atoms with Gasteiger partial charge < -0.3 is 44.8 Å².